The first-order chi connectivity index (χ1) is 19.4. The number of nitrogens with zero attached hydrogens (tertiary/aromatic N) is 6. The molecule has 0 spiro atoms. The Hall–Kier alpha value is -2.79. The highest BCUT2D eigenvalue weighted by molar-refractivity contribution is 5.81. The topological polar surface area (TPSA) is 125 Å². The highest BCUT2D eigenvalue weighted by atomic mass is 16.2. The maximum absolute atomic E-state index is 12.5. The third kappa shape index (κ3) is 9.99. The maximum Gasteiger partial charge on any atom is 0.227 e. The fourth-order valence-corrected chi connectivity index (χ4v) is 5.45. The van der Waals surface area contributed by atoms with E-state index in [1.807, 2.05) is 42.6 Å². The largest absolute Gasteiger partial charge is 0.367 e. The molecule has 11 nitrogen and oxygen atoms in total. The van der Waals surface area contributed by atoms with Crippen LogP contribution in [0.15, 0.2) is 18.5 Å². The Labute approximate surface area is 239 Å². The number of carbonyl (C=O) groups excluding carboxylic acids is 1. The lowest BCUT2D eigenvalue weighted by atomic mass is 9.93. The van der Waals surface area contributed by atoms with E-state index >= 15 is 0 Å². The minimum Gasteiger partial charge on any atom is -0.367 e. The summed E-state index contributed by atoms with van der Waals surface area (Å²) in [6.45, 7) is 12.0. The quantitative estimate of drug-likeness (QED) is 0.260. The number of piperidine rings is 1. The lowest BCUT2D eigenvalue weighted by Gasteiger charge is -2.36. The van der Waals surface area contributed by atoms with Gasteiger partial charge in [0.05, 0.1) is 12.7 Å². The Balaban J connectivity index is 1.08. The van der Waals surface area contributed by atoms with Crippen LogP contribution in [0.4, 0.5) is 11.8 Å². The summed E-state index contributed by atoms with van der Waals surface area (Å²) in [7, 11) is 0. The third-order valence-electron chi connectivity index (χ3n) is 7.75. The van der Waals surface area contributed by atoms with Crippen molar-refractivity contribution in [3.8, 4) is 0 Å². The summed E-state index contributed by atoms with van der Waals surface area (Å²) < 4.78 is 1.90. The van der Waals surface area contributed by atoms with Gasteiger partial charge in [0.15, 0.2) is 0 Å². The van der Waals surface area contributed by atoms with Crippen molar-refractivity contribution in [3.63, 3.8) is 0 Å². The van der Waals surface area contributed by atoms with Crippen molar-refractivity contribution >= 4 is 17.7 Å². The minimum atomic E-state index is -0.332. The van der Waals surface area contributed by atoms with Crippen molar-refractivity contribution in [2.75, 3.05) is 43.4 Å². The zero-order chi connectivity index (χ0) is 28.2. The van der Waals surface area contributed by atoms with Gasteiger partial charge in [-0.25, -0.2) is 4.98 Å². The Bertz CT molecular complexity index is 1020. The molecule has 4 rings (SSSR count). The Morgan fingerprint density at radius 1 is 1.00 bits per heavy atom. The van der Waals surface area contributed by atoms with E-state index < -0.39 is 0 Å². The zero-order valence-corrected chi connectivity index (χ0v) is 24.8. The smallest absolute Gasteiger partial charge is 0.227 e. The Kier molecular flexibility index (Phi) is 11.5. The predicted molar refractivity (Wildman–Crippen MR) is 159 cm³/mol. The van der Waals surface area contributed by atoms with Gasteiger partial charge >= 0.3 is 0 Å². The van der Waals surface area contributed by atoms with Gasteiger partial charge in [-0.05, 0) is 64.2 Å². The van der Waals surface area contributed by atoms with Crippen molar-refractivity contribution in [1.82, 2.24) is 40.5 Å². The third-order valence-corrected chi connectivity index (χ3v) is 7.75. The van der Waals surface area contributed by atoms with Gasteiger partial charge in [0.2, 0.25) is 11.9 Å². The van der Waals surface area contributed by atoms with Crippen LogP contribution in [0.1, 0.15) is 84.3 Å². The van der Waals surface area contributed by atoms with Crippen molar-refractivity contribution in [2.45, 2.75) is 104 Å². The lowest BCUT2D eigenvalue weighted by molar-refractivity contribution is -0.140. The number of likely N-dealkylation sites (tertiary alicyclic amines) is 1. The van der Waals surface area contributed by atoms with Crippen molar-refractivity contribution in [3.05, 3.63) is 24.2 Å². The average Bonchev–Trinajstić information content (AvgIpc) is 3.41. The van der Waals surface area contributed by atoms with Crippen LogP contribution >= 0.6 is 0 Å². The molecular weight excluding hydrogens is 504 g/mol. The Morgan fingerprint density at radius 3 is 2.55 bits per heavy atom. The van der Waals surface area contributed by atoms with E-state index in [0.29, 0.717) is 18.5 Å². The van der Waals surface area contributed by atoms with Gasteiger partial charge in [0, 0.05) is 43.3 Å². The first-order valence-electron chi connectivity index (χ1n) is 15.3. The van der Waals surface area contributed by atoms with E-state index in [4.69, 9.17) is 0 Å². The van der Waals surface area contributed by atoms with Gasteiger partial charge in [-0.3, -0.25) is 9.48 Å². The van der Waals surface area contributed by atoms with Gasteiger partial charge < -0.3 is 26.2 Å². The monoisotopic (exact) mass is 554 g/mol. The van der Waals surface area contributed by atoms with E-state index in [-0.39, 0.29) is 11.3 Å². The number of carbonyl (C=O) groups is 1. The van der Waals surface area contributed by atoms with Crippen LogP contribution < -0.4 is 21.3 Å². The normalized spacial score (nSPS) is 17.2. The van der Waals surface area contributed by atoms with Crippen LogP contribution in [0.3, 0.4) is 0 Å². The number of nitrogens with one attached hydrogen (secondary N) is 4. The van der Waals surface area contributed by atoms with Gasteiger partial charge in [-0.15, -0.1) is 5.10 Å². The molecule has 0 unspecified atom stereocenters. The molecule has 1 saturated heterocycles. The molecule has 3 heterocycles. The summed E-state index contributed by atoms with van der Waals surface area (Å²) in [6.07, 6.45) is 14.6. The van der Waals surface area contributed by atoms with Crippen molar-refractivity contribution < 1.29 is 4.79 Å². The molecule has 1 saturated carbocycles. The molecule has 1 aliphatic carbocycles. The summed E-state index contributed by atoms with van der Waals surface area (Å²) in [5, 5.41) is 22.6. The second kappa shape index (κ2) is 15.3. The maximum atomic E-state index is 12.5. The number of anilines is 2. The number of hydrogen-bond acceptors (Lipinski definition) is 9. The molecule has 2 aliphatic rings. The average molecular weight is 555 g/mol. The molecule has 2 fully saturated rings. The van der Waals surface area contributed by atoms with Crippen LogP contribution in [0, 0.1) is 5.41 Å². The SMILES string of the molecule is CC(C)(C)C(=O)N1CCC(Nc2ccnc(NCc3cn(CCCNCCCNC4CCCCC4)nn3)n2)CC1. The summed E-state index contributed by atoms with van der Waals surface area (Å²) >= 11 is 0. The van der Waals surface area contributed by atoms with Gasteiger partial charge in [-0.2, -0.15) is 4.98 Å². The highest BCUT2D eigenvalue weighted by Gasteiger charge is 2.30. The fraction of sp³-hybridized carbons (Fsp3) is 0.759. The summed E-state index contributed by atoms with van der Waals surface area (Å²) in [6, 6.07) is 2.92. The molecule has 11 heteroatoms. The number of hydrogen-bond donors (Lipinski definition) is 4. The molecule has 2 aromatic rings. The van der Waals surface area contributed by atoms with E-state index in [2.05, 4.69) is 41.5 Å². The van der Waals surface area contributed by atoms with Gasteiger partial charge in [-0.1, -0.05) is 45.2 Å². The molecule has 40 heavy (non-hydrogen) atoms. The molecular formula is C29H50N10O. The Morgan fingerprint density at radius 2 is 1.77 bits per heavy atom. The molecule has 0 bridgehead atoms. The van der Waals surface area contributed by atoms with Crippen LogP contribution in [0.2, 0.25) is 0 Å². The molecule has 0 radical (unpaired) electrons. The van der Waals surface area contributed by atoms with Crippen molar-refractivity contribution in [2.24, 2.45) is 5.41 Å². The van der Waals surface area contributed by atoms with Crippen LogP contribution in [0.25, 0.3) is 0 Å². The second-order valence-corrected chi connectivity index (χ2v) is 12.3. The first kappa shape index (κ1) is 30.2. The molecule has 1 amide bonds. The minimum absolute atomic E-state index is 0.223. The van der Waals surface area contributed by atoms with E-state index in [9.17, 15) is 4.79 Å². The molecule has 222 valence electrons. The molecule has 4 N–H and O–H groups in total. The number of aromatic nitrogens is 5. The van der Waals surface area contributed by atoms with E-state index in [1.54, 1.807) is 6.20 Å². The van der Waals surface area contributed by atoms with E-state index in [0.717, 1.165) is 76.1 Å². The standard InChI is InChI=1S/C29H50N10O/c1-29(2,3)27(40)38-19-12-24(13-20-38)34-26-11-17-32-28(35-26)33-21-25-22-39(37-36-25)18-8-15-30-14-7-16-31-23-9-5-4-6-10-23/h11,17,22-24,30-31H,4-10,12-16,18-21H2,1-3H3,(H2,32,33,34,35). The molecule has 0 atom stereocenters. The zero-order valence-electron chi connectivity index (χ0n) is 24.8. The van der Waals surface area contributed by atoms with Crippen LogP contribution in [-0.2, 0) is 17.9 Å². The van der Waals surface area contributed by atoms with Gasteiger partial charge in [0.25, 0.3) is 0 Å². The number of aryl methyl sites for hydroxylation is 1. The van der Waals surface area contributed by atoms with E-state index in [1.165, 1.54) is 38.5 Å². The van der Waals surface area contributed by atoms with Crippen LogP contribution in [-0.4, -0.2) is 80.6 Å². The lowest BCUT2D eigenvalue weighted by Crippen LogP contribution is -2.46. The fourth-order valence-electron chi connectivity index (χ4n) is 5.45. The predicted octanol–water partition coefficient (Wildman–Crippen LogP) is 3.42. The van der Waals surface area contributed by atoms with Crippen LogP contribution in [0.5, 0.6) is 0 Å². The first-order valence-corrected chi connectivity index (χ1v) is 15.3. The molecule has 0 aromatic carbocycles. The molecule has 1 aliphatic heterocycles. The summed E-state index contributed by atoms with van der Waals surface area (Å²) in [5.41, 5.74) is 0.529. The highest BCUT2D eigenvalue weighted by Crippen LogP contribution is 2.22. The van der Waals surface area contributed by atoms with Gasteiger partial charge in [0.1, 0.15) is 11.5 Å². The molecule has 2 aromatic heterocycles. The second-order valence-electron chi connectivity index (χ2n) is 12.3. The number of rotatable bonds is 14. The summed E-state index contributed by atoms with van der Waals surface area (Å²) in [4.78, 5) is 23.5. The van der Waals surface area contributed by atoms with Crippen molar-refractivity contribution in [1.29, 1.82) is 0 Å². The number of amides is 1. The summed E-state index contributed by atoms with van der Waals surface area (Å²) in [5.74, 6) is 1.57.